The number of amides is 1. The van der Waals surface area contributed by atoms with E-state index >= 15 is 0 Å². The van der Waals surface area contributed by atoms with Crippen LogP contribution in [0.2, 0.25) is 0 Å². The Morgan fingerprint density at radius 1 is 1.19 bits per heavy atom. The van der Waals surface area contributed by atoms with Crippen LogP contribution in [0.1, 0.15) is 29.0 Å². The summed E-state index contributed by atoms with van der Waals surface area (Å²) in [6.07, 6.45) is 4.01. The lowest BCUT2D eigenvalue weighted by Crippen LogP contribution is -2.28. The molecule has 4 rings (SSSR count). The molecule has 0 aliphatic carbocycles. The van der Waals surface area contributed by atoms with Crippen LogP contribution in [0.3, 0.4) is 0 Å². The van der Waals surface area contributed by atoms with Gasteiger partial charge in [0.2, 0.25) is 5.91 Å². The van der Waals surface area contributed by atoms with Crippen molar-refractivity contribution in [1.29, 1.82) is 0 Å². The fourth-order valence-electron chi connectivity index (χ4n) is 3.54. The van der Waals surface area contributed by atoms with Crippen molar-refractivity contribution in [3.8, 4) is 0 Å². The molecule has 0 radical (unpaired) electrons. The van der Waals surface area contributed by atoms with E-state index in [2.05, 4.69) is 20.6 Å². The Bertz CT molecular complexity index is 1240. The molecule has 9 heteroatoms. The molecule has 4 aromatic rings. The molecule has 1 aromatic carbocycles. The Hall–Kier alpha value is -3.75. The second-order valence-electron chi connectivity index (χ2n) is 7.42. The zero-order valence-electron chi connectivity index (χ0n) is 17.5. The van der Waals surface area contributed by atoms with Crippen LogP contribution in [-0.4, -0.2) is 36.9 Å². The van der Waals surface area contributed by atoms with Gasteiger partial charge in [0.15, 0.2) is 5.65 Å². The number of nitrogens with one attached hydrogen (secondary N) is 1. The van der Waals surface area contributed by atoms with Crippen LogP contribution >= 0.6 is 0 Å². The number of hydrogen-bond donors (Lipinski definition) is 1. The average molecular weight is 420 g/mol. The molecular formula is C22H24N6O3. The largest absolute Gasteiger partial charge is 0.361 e. The fourth-order valence-corrected chi connectivity index (χ4v) is 3.54. The SMILES string of the molecule is Cc1noc(C)c1CCC(=O)NCCn1ncc2c(=O)n(Cc3ccccc3)cnc21. The molecule has 0 saturated heterocycles. The Balaban J connectivity index is 1.35. The second kappa shape index (κ2) is 8.95. The van der Waals surface area contributed by atoms with Crippen LogP contribution in [0.15, 0.2) is 52.2 Å². The summed E-state index contributed by atoms with van der Waals surface area (Å²) in [7, 11) is 0. The highest BCUT2D eigenvalue weighted by Gasteiger charge is 2.13. The fraction of sp³-hybridized carbons (Fsp3) is 0.318. The van der Waals surface area contributed by atoms with E-state index in [1.807, 2.05) is 44.2 Å². The van der Waals surface area contributed by atoms with Crippen LogP contribution in [0.5, 0.6) is 0 Å². The molecule has 3 aromatic heterocycles. The van der Waals surface area contributed by atoms with Gasteiger partial charge in [-0.05, 0) is 25.8 Å². The topological polar surface area (TPSA) is 108 Å². The quantitative estimate of drug-likeness (QED) is 0.467. The van der Waals surface area contributed by atoms with Crippen molar-refractivity contribution in [2.75, 3.05) is 6.54 Å². The van der Waals surface area contributed by atoms with Gasteiger partial charge in [-0.3, -0.25) is 14.2 Å². The predicted octanol–water partition coefficient (Wildman–Crippen LogP) is 2.00. The Morgan fingerprint density at radius 3 is 2.74 bits per heavy atom. The third kappa shape index (κ3) is 4.55. The van der Waals surface area contributed by atoms with Crippen LogP contribution in [0.25, 0.3) is 11.0 Å². The molecule has 9 nitrogen and oxygen atoms in total. The van der Waals surface area contributed by atoms with Crippen molar-refractivity contribution in [2.45, 2.75) is 39.8 Å². The lowest BCUT2D eigenvalue weighted by molar-refractivity contribution is -0.121. The maximum absolute atomic E-state index is 12.8. The van der Waals surface area contributed by atoms with Gasteiger partial charge in [0.05, 0.1) is 25.0 Å². The van der Waals surface area contributed by atoms with Crippen molar-refractivity contribution in [3.63, 3.8) is 0 Å². The van der Waals surface area contributed by atoms with Crippen molar-refractivity contribution < 1.29 is 9.32 Å². The van der Waals surface area contributed by atoms with Gasteiger partial charge in [-0.2, -0.15) is 5.10 Å². The maximum Gasteiger partial charge on any atom is 0.264 e. The number of carbonyl (C=O) groups is 1. The number of carbonyl (C=O) groups excluding carboxylic acids is 1. The molecule has 1 N–H and O–H groups in total. The molecule has 0 aliphatic heterocycles. The van der Waals surface area contributed by atoms with Crippen LogP contribution < -0.4 is 10.9 Å². The lowest BCUT2D eigenvalue weighted by atomic mass is 10.1. The molecule has 1 amide bonds. The molecule has 0 fully saturated rings. The van der Waals surface area contributed by atoms with Gasteiger partial charge >= 0.3 is 0 Å². The Kier molecular flexibility index (Phi) is 5.92. The highest BCUT2D eigenvalue weighted by atomic mass is 16.5. The first-order valence-corrected chi connectivity index (χ1v) is 10.2. The molecule has 0 atom stereocenters. The van der Waals surface area contributed by atoms with Gasteiger partial charge in [-0.15, -0.1) is 0 Å². The van der Waals surface area contributed by atoms with E-state index in [1.165, 1.54) is 12.5 Å². The summed E-state index contributed by atoms with van der Waals surface area (Å²) in [6.45, 7) is 4.99. The van der Waals surface area contributed by atoms with Crippen molar-refractivity contribution >= 4 is 16.9 Å². The molecule has 0 saturated carbocycles. The number of aryl methyl sites for hydroxylation is 2. The van der Waals surface area contributed by atoms with Gasteiger partial charge in [-0.25, -0.2) is 9.67 Å². The highest BCUT2D eigenvalue weighted by molar-refractivity contribution is 5.76. The van der Waals surface area contributed by atoms with Gasteiger partial charge in [0.1, 0.15) is 17.5 Å². The standard InChI is InChI=1S/C22H24N6O3/c1-15-18(16(2)31-26-15)8-9-20(29)23-10-11-28-21-19(12-25-28)22(30)27(14-24-21)13-17-6-4-3-5-7-17/h3-7,12,14H,8-11,13H2,1-2H3,(H,23,29). The van der Waals surface area contributed by atoms with E-state index in [0.29, 0.717) is 43.5 Å². The van der Waals surface area contributed by atoms with E-state index < -0.39 is 0 Å². The molecule has 3 heterocycles. The molecule has 0 bridgehead atoms. The summed E-state index contributed by atoms with van der Waals surface area (Å²) in [5, 5.41) is 11.5. The van der Waals surface area contributed by atoms with E-state index in [-0.39, 0.29) is 11.5 Å². The van der Waals surface area contributed by atoms with Gasteiger partial charge in [0.25, 0.3) is 5.56 Å². The van der Waals surface area contributed by atoms with E-state index in [4.69, 9.17) is 4.52 Å². The van der Waals surface area contributed by atoms with Crippen LogP contribution in [-0.2, 0) is 24.3 Å². The first-order chi connectivity index (χ1) is 15.0. The summed E-state index contributed by atoms with van der Waals surface area (Å²) in [5.74, 6) is 0.687. The van der Waals surface area contributed by atoms with E-state index in [1.54, 1.807) is 9.25 Å². The van der Waals surface area contributed by atoms with Gasteiger partial charge < -0.3 is 9.84 Å². The van der Waals surface area contributed by atoms with Gasteiger partial charge in [0, 0.05) is 18.5 Å². The molecule has 0 spiro atoms. The van der Waals surface area contributed by atoms with Crippen molar-refractivity contribution in [1.82, 2.24) is 29.8 Å². The Labute approximate surface area is 178 Å². The van der Waals surface area contributed by atoms with Gasteiger partial charge in [-0.1, -0.05) is 35.5 Å². The average Bonchev–Trinajstić information content (AvgIpc) is 3.32. The summed E-state index contributed by atoms with van der Waals surface area (Å²) in [5.41, 5.74) is 3.20. The molecular weight excluding hydrogens is 396 g/mol. The molecule has 0 aliphatic rings. The number of rotatable bonds is 8. The first kappa shape index (κ1) is 20.5. The first-order valence-electron chi connectivity index (χ1n) is 10.2. The second-order valence-corrected chi connectivity index (χ2v) is 7.42. The molecule has 160 valence electrons. The zero-order chi connectivity index (χ0) is 21.8. The third-order valence-electron chi connectivity index (χ3n) is 5.25. The summed E-state index contributed by atoms with van der Waals surface area (Å²) < 4.78 is 8.33. The predicted molar refractivity (Wildman–Crippen MR) is 115 cm³/mol. The minimum atomic E-state index is -0.136. The van der Waals surface area contributed by atoms with Crippen molar-refractivity contribution in [3.05, 3.63) is 75.8 Å². The molecule has 31 heavy (non-hydrogen) atoms. The summed E-state index contributed by atoms with van der Waals surface area (Å²) in [6, 6.07) is 9.75. The summed E-state index contributed by atoms with van der Waals surface area (Å²) in [4.78, 5) is 29.4. The lowest BCUT2D eigenvalue weighted by Gasteiger charge is -2.07. The van der Waals surface area contributed by atoms with Crippen LogP contribution in [0, 0.1) is 13.8 Å². The smallest absolute Gasteiger partial charge is 0.264 e. The number of fused-ring (bicyclic) bond motifs is 1. The maximum atomic E-state index is 12.8. The monoisotopic (exact) mass is 420 g/mol. The Morgan fingerprint density at radius 2 is 2.00 bits per heavy atom. The van der Waals surface area contributed by atoms with E-state index in [9.17, 15) is 9.59 Å². The zero-order valence-corrected chi connectivity index (χ0v) is 17.5. The van der Waals surface area contributed by atoms with Crippen molar-refractivity contribution in [2.24, 2.45) is 0 Å². The number of hydrogen-bond acceptors (Lipinski definition) is 6. The minimum Gasteiger partial charge on any atom is -0.361 e. The minimum absolute atomic E-state index is 0.0605. The third-order valence-corrected chi connectivity index (χ3v) is 5.25. The van der Waals surface area contributed by atoms with Crippen LogP contribution in [0.4, 0.5) is 0 Å². The number of benzene rings is 1. The normalized spacial score (nSPS) is 11.2. The molecule has 0 unspecified atom stereocenters. The number of aromatic nitrogens is 5. The number of nitrogens with zero attached hydrogens (tertiary/aromatic N) is 5. The summed E-state index contributed by atoms with van der Waals surface area (Å²) >= 11 is 0. The highest BCUT2D eigenvalue weighted by Crippen LogP contribution is 2.14. The van der Waals surface area contributed by atoms with E-state index in [0.717, 1.165) is 22.6 Å².